The highest BCUT2D eigenvalue weighted by molar-refractivity contribution is 6.09. The van der Waals surface area contributed by atoms with Gasteiger partial charge in [0, 0.05) is 5.56 Å². The van der Waals surface area contributed by atoms with E-state index >= 15 is 0 Å². The molecule has 0 N–H and O–H groups in total. The Morgan fingerprint density at radius 3 is 2.00 bits per heavy atom. The molecule has 1 aromatic carbocycles. The van der Waals surface area contributed by atoms with E-state index in [1.54, 1.807) is 12.1 Å². The second-order valence-corrected chi connectivity index (χ2v) is 4.30. The fraction of sp³-hybridized carbons (Fsp3) is 0.385. The zero-order valence-electron chi connectivity index (χ0n) is 10.0. The van der Waals surface area contributed by atoms with Crippen molar-refractivity contribution in [1.82, 2.24) is 0 Å². The van der Waals surface area contributed by atoms with Crippen molar-refractivity contribution >= 4 is 11.6 Å². The smallest absolute Gasteiger partial charge is 0.294 e. The first-order chi connectivity index (χ1) is 8.21. The fourth-order valence-electron chi connectivity index (χ4n) is 1.40. The Balaban J connectivity index is 2.77. The van der Waals surface area contributed by atoms with Crippen LogP contribution in [0.1, 0.15) is 42.1 Å². The highest BCUT2D eigenvalue weighted by Gasteiger charge is 2.39. The monoisotopic (exact) mass is 258 g/mol. The van der Waals surface area contributed by atoms with E-state index in [2.05, 4.69) is 0 Å². The van der Waals surface area contributed by atoms with Crippen molar-refractivity contribution < 1.29 is 22.8 Å². The lowest BCUT2D eigenvalue weighted by atomic mass is 9.99. The van der Waals surface area contributed by atoms with E-state index in [0.29, 0.717) is 0 Å². The van der Waals surface area contributed by atoms with Crippen molar-refractivity contribution in [2.45, 2.75) is 32.4 Å². The van der Waals surface area contributed by atoms with Crippen molar-refractivity contribution in [3.8, 4) is 0 Å². The summed E-state index contributed by atoms with van der Waals surface area (Å²) in [5.74, 6) is -2.56. The van der Waals surface area contributed by atoms with Gasteiger partial charge in [-0.3, -0.25) is 9.59 Å². The fourth-order valence-corrected chi connectivity index (χ4v) is 1.40. The largest absolute Gasteiger partial charge is 0.450 e. The zero-order valence-corrected chi connectivity index (χ0v) is 10.0. The summed E-state index contributed by atoms with van der Waals surface area (Å²) in [6.07, 6.45) is -6.09. The van der Waals surface area contributed by atoms with Crippen LogP contribution >= 0.6 is 0 Å². The Morgan fingerprint density at radius 2 is 1.61 bits per heavy atom. The lowest BCUT2D eigenvalue weighted by Gasteiger charge is -2.07. The van der Waals surface area contributed by atoms with E-state index in [0.717, 1.165) is 5.56 Å². The van der Waals surface area contributed by atoms with Crippen LogP contribution in [-0.4, -0.2) is 17.7 Å². The van der Waals surface area contributed by atoms with Crippen molar-refractivity contribution in [2.75, 3.05) is 0 Å². The quantitative estimate of drug-likeness (QED) is 0.611. The van der Waals surface area contributed by atoms with Crippen LogP contribution in [0.15, 0.2) is 24.3 Å². The van der Waals surface area contributed by atoms with Crippen molar-refractivity contribution in [1.29, 1.82) is 0 Å². The third kappa shape index (κ3) is 3.68. The highest BCUT2D eigenvalue weighted by atomic mass is 19.4. The number of carbonyl (C=O) groups excluding carboxylic acids is 2. The predicted molar refractivity (Wildman–Crippen MR) is 60.5 cm³/mol. The molecule has 0 aliphatic carbocycles. The maximum absolute atomic E-state index is 12.0. The average Bonchev–Trinajstić information content (AvgIpc) is 2.27. The molecule has 0 amide bonds. The molecule has 0 unspecified atom stereocenters. The molecule has 0 fully saturated rings. The lowest BCUT2D eigenvalue weighted by molar-refractivity contribution is -0.170. The maximum atomic E-state index is 12.0. The minimum absolute atomic E-state index is 0.122. The standard InChI is InChI=1S/C13H13F3O2/c1-8(2)9-3-5-10(6-4-9)11(17)7-12(18)13(14,15)16/h3-6,8H,7H2,1-2H3. The number of ketones is 2. The first-order valence-electron chi connectivity index (χ1n) is 5.45. The van der Waals surface area contributed by atoms with Gasteiger partial charge >= 0.3 is 6.18 Å². The van der Waals surface area contributed by atoms with Crippen LogP contribution < -0.4 is 0 Å². The van der Waals surface area contributed by atoms with Crippen molar-refractivity contribution in [3.05, 3.63) is 35.4 Å². The van der Waals surface area contributed by atoms with Crippen LogP contribution in [0.5, 0.6) is 0 Å². The third-order valence-corrected chi connectivity index (χ3v) is 2.54. The van der Waals surface area contributed by atoms with E-state index in [4.69, 9.17) is 0 Å². The van der Waals surface area contributed by atoms with E-state index in [-0.39, 0.29) is 11.5 Å². The van der Waals surface area contributed by atoms with Gasteiger partial charge in [0.2, 0.25) is 5.78 Å². The molecule has 0 heterocycles. The Hall–Kier alpha value is -1.65. The number of hydrogen-bond acceptors (Lipinski definition) is 2. The van der Waals surface area contributed by atoms with Gasteiger partial charge < -0.3 is 0 Å². The molecular weight excluding hydrogens is 245 g/mol. The third-order valence-electron chi connectivity index (χ3n) is 2.54. The van der Waals surface area contributed by atoms with Gasteiger partial charge in [0.1, 0.15) is 0 Å². The van der Waals surface area contributed by atoms with E-state index in [1.807, 2.05) is 13.8 Å². The molecule has 1 aromatic rings. The van der Waals surface area contributed by atoms with Gasteiger partial charge in [-0.05, 0) is 11.5 Å². The van der Waals surface area contributed by atoms with E-state index in [9.17, 15) is 22.8 Å². The van der Waals surface area contributed by atoms with Crippen LogP contribution in [0.25, 0.3) is 0 Å². The molecule has 0 aliphatic rings. The molecule has 0 saturated heterocycles. The Labute approximate surface area is 103 Å². The molecule has 0 spiro atoms. The number of hydrogen-bond donors (Lipinski definition) is 0. The number of alkyl halides is 3. The van der Waals surface area contributed by atoms with Gasteiger partial charge in [-0.1, -0.05) is 38.1 Å². The van der Waals surface area contributed by atoms with Crippen molar-refractivity contribution in [2.24, 2.45) is 0 Å². The molecule has 5 heteroatoms. The molecule has 0 radical (unpaired) electrons. The molecular formula is C13H13F3O2. The van der Waals surface area contributed by atoms with E-state index < -0.39 is 24.2 Å². The van der Waals surface area contributed by atoms with Gasteiger partial charge in [-0.15, -0.1) is 0 Å². The molecule has 98 valence electrons. The Morgan fingerprint density at radius 1 is 1.11 bits per heavy atom. The molecule has 0 saturated carbocycles. The van der Waals surface area contributed by atoms with Gasteiger partial charge in [0.05, 0.1) is 6.42 Å². The molecule has 0 aliphatic heterocycles. The van der Waals surface area contributed by atoms with Crippen LogP contribution in [0.3, 0.4) is 0 Å². The predicted octanol–water partition coefficient (Wildman–Crippen LogP) is 3.51. The second-order valence-electron chi connectivity index (χ2n) is 4.30. The minimum atomic E-state index is -4.95. The summed E-state index contributed by atoms with van der Waals surface area (Å²) >= 11 is 0. The maximum Gasteiger partial charge on any atom is 0.450 e. The number of benzene rings is 1. The molecule has 2 nitrogen and oxygen atoms in total. The molecule has 0 bridgehead atoms. The van der Waals surface area contributed by atoms with Crippen molar-refractivity contribution in [3.63, 3.8) is 0 Å². The summed E-state index contributed by atoms with van der Waals surface area (Å²) < 4.78 is 36.0. The summed E-state index contributed by atoms with van der Waals surface area (Å²) in [6, 6.07) is 6.24. The highest BCUT2D eigenvalue weighted by Crippen LogP contribution is 2.20. The SMILES string of the molecule is CC(C)c1ccc(C(=O)CC(=O)C(F)(F)F)cc1. The van der Waals surface area contributed by atoms with Gasteiger partial charge in [0.25, 0.3) is 0 Å². The number of Topliss-reactive ketones (excluding diaryl/α,β-unsaturated/α-hetero) is 2. The summed E-state index contributed by atoms with van der Waals surface area (Å²) in [7, 11) is 0. The van der Waals surface area contributed by atoms with Crippen LogP contribution in [-0.2, 0) is 4.79 Å². The summed E-state index contributed by atoms with van der Waals surface area (Å²) in [6.45, 7) is 3.92. The number of carbonyl (C=O) groups is 2. The van der Waals surface area contributed by atoms with Gasteiger partial charge in [-0.2, -0.15) is 13.2 Å². The number of rotatable bonds is 4. The first-order valence-corrected chi connectivity index (χ1v) is 5.45. The normalized spacial score (nSPS) is 11.7. The van der Waals surface area contributed by atoms with Gasteiger partial charge in [0.15, 0.2) is 5.78 Å². The average molecular weight is 258 g/mol. The van der Waals surface area contributed by atoms with Crippen LogP contribution in [0.2, 0.25) is 0 Å². The molecule has 0 aromatic heterocycles. The topological polar surface area (TPSA) is 34.1 Å². The Kier molecular flexibility index (Phi) is 4.27. The summed E-state index contributed by atoms with van der Waals surface area (Å²) in [5, 5.41) is 0. The van der Waals surface area contributed by atoms with Gasteiger partial charge in [-0.25, -0.2) is 0 Å². The molecule has 1 rings (SSSR count). The zero-order chi connectivity index (χ0) is 13.9. The lowest BCUT2D eigenvalue weighted by Crippen LogP contribution is -2.25. The van der Waals surface area contributed by atoms with E-state index in [1.165, 1.54) is 12.1 Å². The number of halogens is 3. The molecule has 0 atom stereocenters. The Bertz CT molecular complexity index is 444. The summed E-state index contributed by atoms with van der Waals surface area (Å²) in [5.41, 5.74) is 1.10. The summed E-state index contributed by atoms with van der Waals surface area (Å²) in [4.78, 5) is 22.1. The first kappa shape index (κ1) is 14.4. The molecule has 18 heavy (non-hydrogen) atoms. The second kappa shape index (κ2) is 5.33. The van der Waals surface area contributed by atoms with Crippen LogP contribution in [0, 0.1) is 0 Å². The van der Waals surface area contributed by atoms with Crippen LogP contribution in [0.4, 0.5) is 13.2 Å². The minimum Gasteiger partial charge on any atom is -0.294 e.